The standard InChI is InChI=1S/C21H37N.HI/c1-4-5-6-7-8-9-10-14-17-20(21(2,3)22)18-19-15-12-11-13-16-19;/h11-13,15-16,20H,4-10,14,17-18,22H2,1-3H3;1H. The van der Waals surface area contributed by atoms with Crippen LogP contribution in [0.4, 0.5) is 0 Å². The van der Waals surface area contributed by atoms with Gasteiger partial charge in [-0.05, 0) is 38.2 Å². The summed E-state index contributed by atoms with van der Waals surface area (Å²) in [6.45, 7) is 6.65. The predicted molar refractivity (Wildman–Crippen MR) is 115 cm³/mol. The molecule has 0 fully saturated rings. The van der Waals surface area contributed by atoms with E-state index in [1.54, 1.807) is 0 Å². The van der Waals surface area contributed by atoms with Gasteiger partial charge >= 0.3 is 0 Å². The summed E-state index contributed by atoms with van der Waals surface area (Å²) in [7, 11) is 0. The molecule has 1 unspecified atom stereocenters. The van der Waals surface area contributed by atoms with Crippen molar-refractivity contribution in [1.82, 2.24) is 0 Å². The normalized spacial score (nSPS) is 12.7. The third kappa shape index (κ3) is 11.1. The van der Waals surface area contributed by atoms with E-state index in [2.05, 4.69) is 51.1 Å². The van der Waals surface area contributed by atoms with Crippen molar-refractivity contribution in [1.29, 1.82) is 0 Å². The summed E-state index contributed by atoms with van der Waals surface area (Å²) < 4.78 is 0. The molecular weight excluding hydrogens is 393 g/mol. The highest BCUT2D eigenvalue weighted by Crippen LogP contribution is 2.25. The van der Waals surface area contributed by atoms with Crippen LogP contribution in [-0.4, -0.2) is 5.54 Å². The van der Waals surface area contributed by atoms with Crippen LogP contribution in [0.25, 0.3) is 0 Å². The summed E-state index contributed by atoms with van der Waals surface area (Å²) in [5, 5.41) is 0. The number of hydrogen-bond donors (Lipinski definition) is 1. The Bertz CT molecular complexity index is 369. The molecule has 0 aliphatic heterocycles. The third-order valence-corrected chi connectivity index (χ3v) is 4.78. The zero-order valence-corrected chi connectivity index (χ0v) is 17.9. The maximum Gasteiger partial charge on any atom is 0.0129 e. The van der Waals surface area contributed by atoms with Gasteiger partial charge in [-0.15, -0.1) is 24.0 Å². The second-order valence-corrected chi connectivity index (χ2v) is 7.47. The van der Waals surface area contributed by atoms with Gasteiger partial charge in [-0.1, -0.05) is 88.6 Å². The van der Waals surface area contributed by atoms with Crippen LogP contribution in [0.2, 0.25) is 0 Å². The third-order valence-electron chi connectivity index (χ3n) is 4.78. The van der Waals surface area contributed by atoms with Crippen LogP contribution in [0.15, 0.2) is 30.3 Å². The first-order chi connectivity index (χ1) is 10.5. The summed E-state index contributed by atoms with van der Waals surface area (Å²) in [6.07, 6.45) is 13.5. The largest absolute Gasteiger partial charge is 0.325 e. The number of nitrogens with two attached hydrogens (primary N) is 1. The summed E-state index contributed by atoms with van der Waals surface area (Å²) >= 11 is 0. The Morgan fingerprint density at radius 1 is 0.870 bits per heavy atom. The number of hydrogen-bond acceptors (Lipinski definition) is 1. The van der Waals surface area contributed by atoms with Crippen molar-refractivity contribution >= 4 is 24.0 Å². The van der Waals surface area contributed by atoms with Gasteiger partial charge in [0.25, 0.3) is 0 Å². The lowest BCUT2D eigenvalue weighted by Gasteiger charge is -2.31. The van der Waals surface area contributed by atoms with Gasteiger partial charge in [0.1, 0.15) is 0 Å². The smallest absolute Gasteiger partial charge is 0.0129 e. The van der Waals surface area contributed by atoms with Gasteiger partial charge in [0.2, 0.25) is 0 Å². The quantitative estimate of drug-likeness (QED) is 0.288. The maximum absolute atomic E-state index is 6.42. The molecule has 0 spiro atoms. The van der Waals surface area contributed by atoms with E-state index in [0.29, 0.717) is 5.92 Å². The summed E-state index contributed by atoms with van der Waals surface area (Å²) in [6, 6.07) is 10.8. The van der Waals surface area contributed by atoms with Crippen LogP contribution in [-0.2, 0) is 6.42 Å². The molecule has 23 heavy (non-hydrogen) atoms. The van der Waals surface area contributed by atoms with Crippen LogP contribution in [0, 0.1) is 5.92 Å². The number of halogens is 1. The zero-order chi connectivity index (χ0) is 16.3. The van der Waals surface area contributed by atoms with Crippen molar-refractivity contribution in [3.8, 4) is 0 Å². The van der Waals surface area contributed by atoms with Crippen LogP contribution in [0.5, 0.6) is 0 Å². The van der Waals surface area contributed by atoms with E-state index in [4.69, 9.17) is 5.73 Å². The molecule has 0 saturated carbocycles. The van der Waals surface area contributed by atoms with E-state index in [1.807, 2.05) is 0 Å². The highest BCUT2D eigenvalue weighted by atomic mass is 127. The van der Waals surface area contributed by atoms with E-state index in [1.165, 1.54) is 63.4 Å². The molecule has 1 rings (SSSR count). The fourth-order valence-electron chi connectivity index (χ4n) is 3.16. The fourth-order valence-corrected chi connectivity index (χ4v) is 3.16. The van der Waals surface area contributed by atoms with Crippen molar-refractivity contribution in [3.05, 3.63) is 35.9 Å². The second kappa shape index (κ2) is 13.2. The Balaban J connectivity index is 0.00000484. The molecule has 0 aliphatic rings. The van der Waals surface area contributed by atoms with Gasteiger partial charge in [0.05, 0.1) is 0 Å². The van der Waals surface area contributed by atoms with Crippen LogP contribution >= 0.6 is 24.0 Å². The Morgan fingerprint density at radius 2 is 1.39 bits per heavy atom. The molecule has 2 heteroatoms. The Kier molecular flexibility index (Phi) is 13.2. The molecule has 1 aromatic rings. The summed E-state index contributed by atoms with van der Waals surface area (Å²) in [4.78, 5) is 0. The summed E-state index contributed by atoms with van der Waals surface area (Å²) in [5.74, 6) is 0.579. The lowest BCUT2D eigenvalue weighted by Crippen LogP contribution is -2.42. The van der Waals surface area contributed by atoms with Crippen molar-refractivity contribution in [2.45, 2.75) is 90.5 Å². The summed E-state index contributed by atoms with van der Waals surface area (Å²) in [5.41, 5.74) is 7.76. The molecule has 1 nitrogen and oxygen atoms in total. The monoisotopic (exact) mass is 431 g/mol. The lowest BCUT2D eigenvalue weighted by molar-refractivity contribution is 0.290. The van der Waals surface area contributed by atoms with E-state index in [-0.39, 0.29) is 29.5 Å². The zero-order valence-electron chi connectivity index (χ0n) is 15.5. The molecule has 2 N–H and O–H groups in total. The molecule has 0 bridgehead atoms. The van der Waals surface area contributed by atoms with E-state index in [0.717, 1.165) is 6.42 Å². The van der Waals surface area contributed by atoms with Gasteiger partial charge in [-0.2, -0.15) is 0 Å². The minimum Gasteiger partial charge on any atom is -0.325 e. The first kappa shape index (κ1) is 22.9. The average Bonchev–Trinajstić information content (AvgIpc) is 2.49. The van der Waals surface area contributed by atoms with Gasteiger partial charge in [0, 0.05) is 5.54 Å². The molecule has 134 valence electrons. The fraction of sp³-hybridized carbons (Fsp3) is 0.714. The molecule has 1 atom stereocenters. The first-order valence-corrected chi connectivity index (χ1v) is 9.37. The van der Waals surface area contributed by atoms with Crippen LogP contribution in [0.1, 0.15) is 84.1 Å². The lowest BCUT2D eigenvalue weighted by atomic mass is 9.80. The molecular formula is C21H38IN. The average molecular weight is 431 g/mol. The Hall–Kier alpha value is -0.0900. The van der Waals surface area contributed by atoms with Crippen molar-refractivity contribution in [2.75, 3.05) is 0 Å². The Morgan fingerprint density at radius 3 is 1.91 bits per heavy atom. The van der Waals surface area contributed by atoms with Crippen molar-refractivity contribution < 1.29 is 0 Å². The van der Waals surface area contributed by atoms with Gasteiger partial charge < -0.3 is 5.73 Å². The number of benzene rings is 1. The van der Waals surface area contributed by atoms with Crippen LogP contribution in [0.3, 0.4) is 0 Å². The minimum absolute atomic E-state index is 0. The highest BCUT2D eigenvalue weighted by molar-refractivity contribution is 14.0. The Labute approximate surface area is 161 Å². The topological polar surface area (TPSA) is 26.0 Å². The highest BCUT2D eigenvalue weighted by Gasteiger charge is 2.24. The molecule has 0 amide bonds. The SMILES string of the molecule is CCCCCCCCCCC(Cc1ccccc1)C(C)(C)N.I. The van der Waals surface area contributed by atoms with Crippen molar-refractivity contribution in [2.24, 2.45) is 11.7 Å². The molecule has 0 aliphatic carbocycles. The van der Waals surface area contributed by atoms with Gasteiger partial charge in [-0.3, -0.25) is 0 Å². The van der Waals surface area contributed by atoms with E-state index in [9.17, 15) is 0 Å². The van der Waals surface area contributed by atoms with Crippen LogP contribution < -0.4 is 5.73 Å². The number of unbranched alkanes of at least 4 members (excludes halogenated alkanes) is 7. The molecule has 1 aromatic carbocycles. The van der Waals surface area contributed by atoms with E-state index >= 15 is 0 Å². The van der Waals surface area contributed by atoms with Gasteiger partial charge in [-0.25, -0.2) is 0 Å². The predicted octanol–water partition coefficient (Wildman–Crippen LogP) is 6.73. The first-order valence-electron chi connectivity index (χ1n) is 9.37. The molecule has 0 saturated heterocycles. The van der Waals surface area contributed by atoms with E-state index < -0.39 is 0 Å². The molecule has 0 radical (unpaired) electrons. The maximum atomic E-state index is 6.42. The minimum atomic E-state index is -0.0863. The van der Waals surface area contributed by atoms with Crippen molar-refractivity contribution in [3.63, 3.8) is 0 Å². The molecule has 0 heterocycles. The number of rotatable bonds is 12. The second-order valence-electron chi connectivity index (χ2n) is 7.47. The molecule has 0 aromatic heterocycles. The van der Waals surface area contributed by atoms with Gasteiger partial charge in [0.15, 0.2) is 0 Å².